The molecular weight excluding hydrogens is 360 g/mol. The molecule has 2 heterocycles. The van der Waals surface area contributed by atoms with Crippen LogP contribution in [0.15, 0.2) is 25.6 Å². The van der Waals surface area contributed by atoms with Crippen LogP contribution in [0.1, 0.15) is 59.9 Å². The second-order valence-electron chi connectivity index (χ2n) is 7.26. The molecule has 0 bridgehead atoms. The first kappa shape index (κ1) is 18.4. The average Bonchev–Trinajstić information content (AvgIpc) is 2.92. The van der Waals surface area contributed by atoms with Crippen molar-refractivity contribution in [2.24, 2.45) is 0 Å². The Morgan fingerprint density at radius 1 is 0.870 bits per heavy atom. The third-order valence-corrected chi connectivity index (χ3v) is 10.3. The number of hydrogen-bond donors (Lipinski definition) is 1. The molecule has 1 aromatic rings. The summed E-state index contributed by atoms with van der Waals surface area (Å²) in [5.41, 5.74) is 1.32. The first-order chi connectivity index (χ1) is 10.7. The zero-order chi connectivity index (χ0) is 17.0. The minimum absolute atomic E-state index is 0.114. The molecule has 2 aliphatic heterocycles. The van der Waals surface area contributed by atoms with Crippen LogP contribution in [0.5, 0.6) is 0 Å². The van der Waals surface area contributed by atoms with Gasteiger partial charge in [0, 0.05) is 25.0 Å². The van der Waals surface area contributed by atoms with Gasteiger partial charge in [0.05, 0.1) is 14.8 Å². The maximum Gasteiger partial charge on any atom is 0.0650 e. The highest BCUT2D eigenvalue weighted by molar-refractivity contribution is 8.21. The van der Waals surface area contributed by atoms with Crippen molar-refractivity contribution >= 4 is 47.0 Å². The van der Waals surface area contributed by atoms with Gasteiger partial charge in [0.25, 0.3) is 0 Å². The maximum absolute atomic E-state index is 10.3. The highest BCUT2D eigenvalue weighted by atomic mass is 32.2. The van der Waals surface area contributed by atoms with Gasteiger partial charge in [-0.1, -0.05) is 13.8 Å². The lowest BCUT2D eigenvalue weighted by atomic mass is 9.76. The second kappa shape index (κ2) is 6.08. The predicted octanol–water partition coefficient (Wildman–Crippen LogP) is 6.60. The first-order valence-corrected chi connectivity index (χ1v) is 11.5. The van der Waals surface area contributed by atoms with Crippen LogP contribution < -0.4 is 0 Å². The SMILES string of the molecule is CCC(CC)(CO)c1c2c(cc3c1SC(C)(C)S3)SC(C)(C)S2. The van der Waals surface area contributed by atoms with E-state index >= 15 is 0 Å². The van der Waals surface area contributed by atoms with Crippen LogP contribution in [0.2, 0.25) is 0 Å². The van der Waals surface area contributed by atoms with Crippen LogP contribution in [0.4, 0.5) is 0 Å². The fourth-order valence-electron chi connectivity index (χ4n) is 3.40. The van der Waals surface area contributed by atoms with Gasteiger partial charge in [-0.25, -0.2) is 0 Å². The van der Waals surface area contributed by atoms with Gasteiger partial charge >= 0.3 is 0 Å². The normalized spacial score (nSPS) is 21.3. The molecular formula is C18H26OS4. The Kier molecular flexibility index (Phi) is 4.86. The summed E-state index contributed by atoms with van der Waals surface area (Å²) >= 11 is 7.94. The van der Waals surface area contributed by atoms with Crippen LogP contribution in [0, 0.1) is 0 Å². The van der Waals surface area contributed by atoms with Gasteiger partial charge < -0.3 is 5.11 Å². The quantitative estimate of drug-likeness (QED) is 0.626. The lowest BCUT2D eigenvalue weighted by Crippen LogP contribution is -2.30. The molecule has 0 saturated carbocycles. The fraction of sp³-hybridized carbons (Fsp3) is 0.667. The number of hydrogen-bond acceptors (Lipinski definition) is 5. The summed E-state index contributed by atoms with van der Waals surface area (Å²) in [6.07, 6.45) is 1.97. The summed E-state index contributed by atoms with van der Waals surface area (Å²) in [6.45, 7) is 13.9. The van der Waals surface area contributed by atoms with Crippen LogP contribution >= 0.6 is 47.0 Å². The molecule has 3 rings (SSSR count). The third-order valence-electron chi connectivity index (χ3n) is 4.76. The van der Waals surface area contributed by atoms with Crippen LogP contribution in [-0.4, -0.2) is 19.9 Å². The standard InChI is InChI=1S/C18H26OS4/c1-7-18(8-2,10-19)13-14-11(20-16(3,4)22-14)9-12-15(13)23-17(5,6)21-12/h9,19H,7-8,10H2,1-6H3. The van der Waals surface area contributed by atoms with Gasteiger partial charge in [-0.3, -0.25) is 0 Å². The zero-order valence-electron chi connectivity index (χ0n) is 14.8. The zero-order valence-corrected chi connectivity index (χ0v) is 18.0. The third kappa shape index (κ3) is 3.10. The highest BCUT2D eigenvalue weighted by Gasteiger charge is 2.44. The van der Waals surface area contributed by atoms with Gasteiger partial charge in [-0.05, 0) is 52.2 Å². The van der Waals surface area contributed by atoms with E-state index in [1.165, 1.54) is 25.1 Å². The minimum Gasteiger partial charge on any atom is -0.395 e. The molecule has 0 amide bonds. The van der Waals surface area contributed by atoms with Gasteiger partial charge in [0.2, 0.25) is 0 Å². The van der Waals surface area contributed by atoms with E-state index in [0.29, 0.717) is 0 Å². The molecule has 5 heteroatoms. The highest BCUT2D eigenvalue weighted by Crippen LogP contribution is 2.65. The van der Waals surface area contributed by atoms with E-state index in [1.807, 2.05) is 47.0 Å². The number of aliphatic hydroxyl groups is 1. The monoisotopic (exact) mass is 386 g/mol. The lowest BCUT2D eigenvalue weighted by Gasteiger charge is -2.34. The van der Waals surface area contributed by atoms with Crippen molar-refractivity contribution in [1.29, 1.82) is 0 Å². The average molecular weight is 387 g/mol. The van der Waals surface area contributed by atoms with E-state index in [-0.39, 0.29) is 20.2 Å². The molecule has 0 aliphatic carbocycles. The molecule has 128 valence electrons. The van der Waals surface area contributed by atoms with E-state index in [1.54, 1.807) is 0 Å². The summed E-state index contributed by atoms with van der Waals surface area (Å²) in [5, 5.41) is 10.3. The lowest BCUT2D eigenvalue weighted by molar-refractivity contribution is 0.178. The summed E-state index contributed by atoms with van der Waals surface area (Å²) in [6, 6.07) is 2.40. The molecule has 0 radical (unpaired) electrons. The summed E-state index contributed by atoms with van der Waals surface area (Å²) in [4.78, 5) is 5.70. The largest absolute Gasteiger partial charge is 0.395 e. The Balaban J connectivity index is 2.26. The summed E-state index contributed by atoms with van der Waals surface area (Å²) < 4.78 is 0.361. The van der Waals surface area contributed by atoms with Crippen molar-refractivity contribution in [3.05, 3.63) is 11.6 Å². The molecule has 0 saturated heterocycles. The topological polar surface area (TPSA) is 20.2 Å². The molecule has 1 N–H and O–H groups in total. The molecule has 1 aromatic carbocycles. The Bertz CT molecular complexity index is 582. The Morgan fingerprint density at radius 3 is 1.65 bits per heavy atom. The van der Waals surface area contributed by atoms with Gasteiger partial charge in [0.15, 0.2) is 0 Å². The van der Waals surface area contributed by atoms with Gasteiger partial charge in [-0.15, -0.1) is 47.0 Å². The van der Waals surface area contributed by atoms with Gasteiger partial charge in [0.1, 0.15) is 0 Å². The second-order valence-corrected chi connectivity index (χ2v) is 14.4. The number of rotatable bonds is 4. The van der Waals surface area contributed by atoms with Crippen LogP contribution in [0.3, 0.4) is 0 Å². The van der Waals surface area contributed by atoms with Crippen molar-refractivity contribution < 1.29 is 5.11 Å². The number of thioether (sulfide) groups is 4. The van der Waals surface area contributed by atoms with Crippen molar-refractivity contribution in [3.8, 4) is 0 Å². The van der Waals surface area contributed by atoms with E-state index in [9.17, 15) is 5.11 Å². The van der Waals surface area contributed by atoms with Crippen molar-refractivity contribution in [3.63, 3.8) is 0 Å². The molecule has 23 heavy (non-hydrogen) atoms. The Morgan fingerprint density at radius 2 is 1.30 bits per heavy atom. The molecule has 0 atom stereocenters. The van der Waals surface area contributed by atoms with Gasteiger partial charge in [-0.2, -0.15) is 0 Å². The smallest absolute Gasteiger partial charge is 0.0650 e. The van der Waals surface area contributed by atoms with E-state index in [0.717, 1.165) is 12.8 Å². The van der Waals surface area contributed by atoms with Crippen LogP contribution in [-0.2, 0) is 5.41 Å². The summed E-state index contributed by atoms with van der Waals surface area (Å²) in [7, 11) is 0. The number of fused-ring (bicyclic) bond motifs is 2. The van der Waals surface area contributed by atoms with Crippen molar-refractivity contribution in [2.45, 2.75) is 87.5 Å². The minimum atomic E-state index is -0.114. The molecule has 2 aliphatic rings. The van der Waals surface area contributed by atoms with E-state index < -0.39 is 0 Å². The number of aliphatic hydroxyl groups excluding tert-OH is 1. The molecule has 0 aromatic heterocycles. The van der Waals surface area contributed by atoms with Crippen LogP contribution in [0.25, 0.3) is 0 Å². The Hall–Kier alpha value is 0.580. The molecule has 0 fully saturated rings. The predicted molar refractivity (Wildman–Crippen MR) is 107 cm³/mol. The van der Waals surface area contributed by atoms with E-state index in [4.69, 9.17) is 0 Å². The molecule has 0 unspecified atom stereocenters. The first-order valence-electron chi connectivity index (χ1n) is 8.25. The van der Waals surface area contributed by atoms with Crippen molar-refractivity contribution in [2.75, 3.05) is 6.61 Å². The van der Waals surface area contributed by atoms with Crippen molar-refractivity contribution in [1.82, 2.24) is 0 Å². The maximum atomic E-state index is 10.3. The number of benzene rings is 1. The fourth-order valence-corrected chi connectivity index (χ4v) is 9.36. The van der Waals surface area contributed by atoms with E-state index in [2.05, 4.69) is 47.6 Å². The molecule has 0 spiro atoms. The summed E-state index contributed by atoms with van der Waals surface area (Å²) in [5.74, 6) is 0. The molecule has 1 nitrogen and oxygen atoms in total. The Labute approximate surface area is 157 Å².